The molecule has 11 heteroatoms. The van der Waals surface area contributed by atoms with E-state index in [1.807, 2.05) is 51.2 Å². The quantitative estimate of drug-likeness (QED) is 0.249. The Morgan fingerprint density at radius 3 is 2.36 bits per heavy atom. The summed E-state index contributed by atoms with van der Waals surface area (Å²) in [6.07, 6.45) is 8.37. The third-order valence-corrected chi connectivity index (χ3v) is 8.35. The molecule has 2 fully saturated rings. The van der Waals surface area contributed by atoms with Crippen LogP contribution in [-0.4, -0.2) is 80.9 Å². The second-order valence-electron chi connectivity index (χ2n) is 13.2. The summed E-state index contributed by atoms with van der Waals surface area (Å²) < 4.78 is 18.3. The first-order valence-corrected chi connectivity index (χ1v) is 15.5. The van der Waals surface area contributed by atoms with Crippen molar-refractivity contribution in [3.63, 3.8) is 0 Å². The molecule has 0 unspecified atom stereocenters. The molecule has 0 radical (unpaired) electrons. The molecular weight excluding hydrogens is 572 g/mol. The molecule has 238 valence electrons. The van der Waals surface area contributed by atoms with Crippen LogP contribution in [0, 0.1) is 5.92 Å². The number of carbonyl (C=O) groups excluding carboxylic acids is 1. The smallest absolute Gasteiger partial charge is 0.410 e. The fourth-order valence-corrected chi connectivity index (χ4v) is 5.65. The zero-order valence-electron chi connectivity index (χ0n) is 26.7. The second kappa shape index (κ2) is 12.2. The van der Waals surface area contributed by atoms with Crippen LogP contribution >= 0.6 is 0 Å². The Kier molecular flexibility index (Phi) is 8.30. The summed E-state index contributed by atoms with van der Waals surface area (Å²) in [4.78, 5) is 26.1. The van der Waals surface area contributed by atoms with Crippen molar-refractivity contribution >= 4 is 28.5 Å². The summed E-state index contributed by atoms with van der Waals surface area (Å²) in [5, 5.41) is 15.8. The molecule has 1 N–H and O–H groups in total. The van der Waals surface area contributed by atoms with Crippen molar-refractivity contribution in [1.29, 1.82) is 0 Å². The molecule has 0 bridgehead atoms. The number of piperidine rings is 1. The van der Waals surface area contributed by atoms with Gasteiger partial charge in [-0.2, -0.15) is 5.10 Å². The number of aromatic nitrogens is 4. The second-order valence-corrected chi connectivity index (χ2v) is 13.2. The van der Waals surface area contributed by atoms with Gasteiger partial charge in [-0.3, -0.25) is 9.67 Å². The molecule has 2 aromatic heterocycles. The minimum absolute atomic E-state index is 0.320. The van der Waals surface area contributed by atoms with Crippen LogP contribution in [0.15, 0.2) is 55.0 Å². The first-order chi connectivity index (χ1) is 21.5. The third kappa shape index (κ3) is 7.30. The number of methoxy groups -OCH3 is 2. The molecule has 3 heterocycles. The minimum Gasteiger partial charge on any atom is -0.497 e. The van der Waals surface area contributed by atoms with Gasteiger partial charge < -0.3 is 29.1 Å². The molecule has 1 amide bonds. The highest BCUT2D eigenvalue weighted by molar-refractivity contribution is 5.82. The van der Waals surface area contributed by atoms with Crippen LogP contribution in [0.4, 0.5) is 16.2 Å². The lowest BCUT2D eigenvalue weighted by molar-refractivity contribution is -0.0431. The number of likely N-dealkylation sites (tertiary alicyclic amines) is 1. The van der Waals surface area contributed by atoms with Gasteiger partial charge in [0.25, 0.3) is 0 Å². The van der Waals surface area contributed by atoms with Crippen molar-refractivity contribution in [2.45, 2.75) is 64.2 Å². The van der Waals surface area contributed by atoms with Gasteiger partial charge in [-0.15, -0.1) is 0 Å². The first kappa shape index (κ1) is 30.6. The molecule has 2 aromatic carbocycles. The number of hydrogen-bond acceptors (Lipinski definition) is 9. The van der Waals surface area contributed by atoms with Gasteiger partial charge in [-0.05, 0) is 70.6 Å². The van der Waals surface area contributed by atoms with Gasteiger partial charge in [0, 0.05) is 61.0 Å². The van der Waals surface area contributed by atoms with Crippen LogP contribution in [0.3, 0.4) is 0 Å². The molecule has 1 saturated heterocycles. The summed E-state index contributed by atoms with van der Waals surface area (Å²) in [7, 11) is 3.32. The molecule has 0 atom stereocenters. The Balaban J connectivity index is 1.20. The van der Waals surface area contributed by atoms with E-state index in [0.717, 1.165) is 46.0 Å². The van der Waals surface area contributed by atoms with E-state index in [9.17, 15) is 9.90 Å². The Morgan fingerprint density at radius 1 is 1.00 bits per heavy atom. The lowest BCUT2D eigenvalue weighted by Gasteiger charge is -2.38. The normalized spacial score (nSPS) is 16.4. The van der Waals surface area contributed by atoms with Crippen LogP contribution in [-0.2, 0) is 11.3 Å². The number of nitrogens with zero attached hydrogens (tertiary/aromatic N) is 6. The van der Waals surface area contributed by atoms with Gasteiger partial charge in [0.1, 0.15) is 17.1 Å². The topological polar surface area (TPSA) is 115 Å². The molecule has 45 heavy (non-hydrogen) atoms. The van der Waals surface area contributed by atoms with E-state index < -0.39 is 11.2 Å². The number of carbonyl (C=O) groups is 1. The Hall–Kier alpha value is -4.38. The van der Waals surface area contributed by atoms with Crippen LogP contribution in [0.25, 0.3) is 22.3 Å². The van der Waals surface area contributed by atoms with Crippen molar-refractivity contribution < 1.29 is 24.1 Å². The van der Waals surface area contributed by atoms with Gasteiger partial charge in [0.15, 0.2) is 0 Å². The summed E-state index contributed by atoms with van der Waals surface area (Å²) in [5.41, 5.74) is 3.59. The van der Waals surface area contributed by atoms with Gasteiger partial charge >= 0.3 is 6.09 Å². The Labute approximate surface area is 263 Å². The van der Waals surface area contributed by atoms with Gasteiger partial charge in [-0.1, -0.05) is 0 Å². The number of hydrogen-bond donors (Lipinski definition) is 1. The monoisotopic (exact) mass is 614 g/mol. The predicted octanol–water partition coefficient (Wildman–Crippen LogP) is 5.82. The van der Waals surface area contributed by atoms with E-state index >= 15 is 0 Å². The summed E-state index contributed by atoms with van der Waals surface area (Å²) in [6, 6.07) is 12.1. The number of benzene rings is 2. The van der Waals surface area contributed by atoms with Gasteiger partial charge in [-0.25, -0.2) is 9.78 Å². The largest absolute Gasteiger partial charge is 0.497 e. The standard InChI is InChI=1S/C34H42N6O5/c1-33(2,3)45-32(41)38-12-10-34(42,11-13-38)22-39-21-24(18-36-39)31-19-35-29-9-8-25(16-30(29)37-31)40(20-23-6-7-23)26-14-27(43-4)17-28(15-26)44-5/h8-9,14-19,21,23,42H,6-7,10-13,20,22H2,1-5H3. The predicted molar refractivity (Wildman–Crippen MR) is 172 cm³/mol. The molecule has 1 aliphatic heterocycles. The number of amides is 1. The number of aliphatic hydroxyl groups is 1. The molecular formula is C34H42N6O5. The van der Waals surface area contributed by atoms with E-state index in [2.05, 4.69) is 22.1 Å². The fourth-order valence-electron chi connectivity index (χ4n) is 5.65. The minimum atomic E-state index is -0.973. The van der Waals surface area contributed by atoms with E-state index in [1.54, 1.807) is 36.2 Å². The van der Waals surface area contributed by atoms with Crippen LogP contribution in [0.2, 0.25) is 0 Å². The number of fused-ring (bicyclic) bond motifs is 1. The molecule has 2 aliphatic rings. The van der Waals surface area contributed by atoms with E-state index in [4.69, 9.17) is 24.2 Å². The molecule has 1 saturated carbocycles. The highest BCUT2D eigenvalue weighted by atomic mass is 16.6. The zero-order chi connectivity index (χ0) is 31.8. The first-order valence-electron chi connectivity index (χ1n) is 15.5. The van der Waals surface area contributed by atoms with E-state index in [0.29, 0.717) is 44.1 Å². The fraction of sp³-hybridized carbons (Fsp3) is 0.471. The van der Waals surface area contributed by atoms with Gasteiger partial charge in [0.2, 0.25) is 0 Å². The average molecular weight is 615 g/mol. The molecule has 11 nitrogen and oxygen atoms in total. The highest BCUT2D eigenvalue weighted by Crippen LogP contribution is 2.39. The van der Waals surface area contributed by atoms with Crippen molar-refractivity contribution in [2.24, 2.45) is 5.92 Å². The van der Waals surface area contributed by atoms with Crippen LogP contribution in [0.5, 0.6) is 11.5 Å². The average Bonchev–Trinajstić information content (AvgIpc) is 3.73. The Morgan fingerprint density at radius 2 is 1.71 bits per heavy atom. The number of ether oxygens (including phenoxy) is 3. The van der Waals surface area contributed by atoms with E-state index in [-0.39, 0.29) is 6.09 Å². The molecule has 0 spiro atoms. The lowest BCUT2D eigenvalue weighted by Crippen LogP contribution is -2.49. The molecule has 1 aliphatic carbocycles. The van der Waals surface area contributed by atoms with Gasteiger partial charge in [0.05, 0.1) is 55.5 Å². The van der Waals surface area contributed by atoms with Crippen LogP contribution in [0.1, 0.15) is 46.5 Å². The summed E-state index contributed by atoms with van der Waals surface area (Å²) >= 11 is 0. The summed E-state index contributed by atoms with van der Waals surface area (Å²) in [5.74, 6) is 2.12. The van der Waals surface area contributed by atoms with Crippen molar-refractivity contribution in [1.82, 2.24) is 24.6 Å². The van der Waals surface area contributed by atoms with Crippen molar-refractivity contribution in [3.05, 3.63) is 55.0 Å². The summed E-state index contributed by atoms with van der Waals surface area (Å²) in [6.45, 7) is 7.62. The Bertz CT molecular complexity index is 1650. The SMILES string of the molecule is COc1cc(OC)cc(N(CC2CC2)c2ccc3ncc(-c4cnn(CC5(O)CCN(C(=O)OC(C)(C)C)CC5)c4)nc3c2)c1. The van der Waals surface area contributed by atoms with Crippen LogP contribution < -0.4 is 14.4 Å². The van der Waals surface area contributed by atoms with Crippen molar-refractivity contribution in [3.8, 4) is 22.8 Å². The maximum Gasteiger partial charge on any atom is 0.410 e. The highest BCUT2D eigenvalue weighted by Gasteiger charge is 2.36. The lowest BCUT2D eigenvalue weighted by atomic mass is 9.91. The van der Waals surface area contributed by atoms with E-state index in [1.165, 1.54) is 12.8 Å². The molecule has 4 aromatic rings. The maximum atomic E-state index is 12.4. The zero-order valence-corrected chi connectivity index (χ0v) is 26.7. The number of anilines is 2. The van der Waals surface area contributed by atoms with Crippen molar-refractivity contribution in [2.75, 3.05) is 38.8 Å². The number of rotatable bonds is 9. The molecule has 6 rings (SSSR count). The maximum absolute atomic E-state index is 12.4. The third-order valence-electron chi connectivity index (χ3n) is 8.35.